The van der Waals surface area contributed by atoms with Crippen LogP contribution in [-0.4, -0.2) is 4.98 Å². The average molecular weight is 102 g/mol. The van der Waals surface area contributed by atoms with Crippen molar-refractivity contribution in [1.82, 2.24) is 4.98 Å². The van der Waals surface area contributed by atoms with Crippen LogP contribution in [0.15, 0.2) is 6.20 Å². The molecule has 1 nitrogen and oxygen atoms in total. The first kappa shape index (κ1) is 3.74. The molecule has 0 N–H and O–H groups in total. The van der Waals surface area contributed by atoms with Gasteiger partial charge in [0.2, 0.25) is 0 Å². The van der Waals surface area contributed by atoms with Crippen molar-refractivity contribution in [1.29, 1.82) is 0 Å². The minimum atomic E-state index is -0.282. The van der Waals surface area contributed by atoms with E-state index in [1.54, 1.807) is 0 Å². The minimum absolute atomic E-state index is 0.282. The number of rotatable bonds is 0. The number of halogens is 1. The van der Waals surface area contributed by atoms with E-state index in [1.165, 1.54) is 0 Å². The molecule has 0 aliphatic heterocycles. The first-order valence-corrected chi connectivity index (χ1v) is 2.18. The van der Waals surface area contributed by atoms with Crippen molar-refractivity contribution in [3.8, 4) is 0 Å². The van der Waals surface area contributed by atoms with Crippen molar-refractivity contribution in [3.63, 3.8) is 0 Å². The third-order valence-corrected chi connectivity index (χ3v) is 0.859. The fourth-order valence-corrected chi connectivity index (χ4v) is 0.471. The molecule has 0 aromatic carbocycles. The van der Waals surface area contributed by atoms with E-state index in [9.17, 15) is 4.39 Å². The van der Waals surface area contributed by atoms with Crippen LogP contribution < -0.4 is 0 Å². The average Bonchev–Trinajstić information content (AvgIpc) is 1.86. The fourth-order valence-electron chi connectivity index (χ4n) is 0.173. The molecule has 1 radical (unpaired) electrons. The van der Waals surface area contributed by atoms with E-state index in [-0.39, 0.29) is 5.13 Å². The molecule has 31 valence electrons. The molecule has 6 heavy (non-hydrogen) atoms. The van der Waals surface area contributed by atoms with E-state index >= 15 is 0 Å². The summed E-state index contributed by atoms with van der Waals surface area (Å²) >= 11 is 0.875. The first-order valence-electron chi connectivity index (χ1n) is 1.37. The maximum Gasteiger partial charge on any atom is 0.196 e. The summed E-state index contributed by atoms with van der Waals surface area (Å²) in [6.07, 6.45) is 1.13. The predicted molar refractivity (Wildman–Crippen MR) is 20.9 cm³/mol. The zero-order valence-corrected chi connectivity index (χ0v) is 3.63. The molecule has 0 atom stereocenters. The van der Waals surface area contributed by atoms with Crippen LogP contribution in [0.3, 0.4) is 0 Å². The lowest BCUT2D eigenvalue weighted by atomic mass is 11.0. The highest BCUT2D eigenvalue weighted by atomic mass is 32.1. The van der Waals surface area contributed by atoms with Crippen LogP contribution in [0.4, 0.5) is 4.39 Å². The fraction of sp³-hybridized carbons (Fsp3) is 0. The predicted octanol–water partition coefficient (Wildman–Crippen LogP) is 1.08. The van der Waals surface area contributed by atoms with Crippen LogP contribution >= 0.6 is 11.3 Å². The number of hydrogen-bond acceptors (Lipinski definition) is 2. The molecular weight excluding hydrogens is 101 g/mol. The second-order valence-corrected chi connectivity index (χ2v) is 1.53. The zero-order chi connectivity index (χ0) is 4.41. The van der Waals surface area contributed by atoms with Gasteiger partial charge in [-0.15, -0.1) is 0 Å². The van der Waals surface area contributed by atoms with Crippen LogP contribution in [0, 0.1) is 10.6 Å². The highest BCUT2D eigenvalue weighted by Gasteiger charge is 1.82. The molecule has 0 aliphatic rings. The van der Waals surface area contributed by atoms with Gasteiger partial charge < -0.3 is 0 Å². The Bertz CT molecular complexity index is 114. The lowest BCUT2D eigenvalue weighted by Crippen LogP contribution is -1.49. The van der Waals surface area contributed by atoms with E-state index in [1.807, 2.05) is 0 Å². The van der Waals surface area contributed by atoms with Gasteiger partial charge in [-0.25, -0.2) is 4.98 Å². The second-order valence-electron chi connectivity index (χ2n) is 0.756. The van der Waals surface area contributed by atoms with Crippen LogP contribution in [0.25, 0.3) is 0 Å². The molecule has 0 unspecified atom stereocenters. The molecule has 0 bridgehead atoms. The van der Waals surface area contributed by atoms with Gasteiger partial charge >= 0.3 is 0 Å². The number of thiazole rings is 1. The largest absolute Gasteiger partial charge is 0.239 e. The monoisotopic (exact) mass is 102 g/mol. The Morgan fingerprint density at radius 1 is 2.00 bits per heavy atom. The van der Waals surface area contributed by atoms with E-state index < -0.39 is 0 Å². The SMILES string of the molecule is Fc1cn[c]s1. The van der Waals surface area contributed by atoms with Gasteiger partial charge in [0.15, 0.2) is 10.6 Å². The summed E-state index contributed by atoms with van der Waals surface area (Å²) < 4.78 is 11.6. The summed E-state index contributed by atoms with van der Waals surface area (Å²) in [5, 5.41) is -0.282. The quantitative estimate of drug-likeness (QED) is 0.477. The number of aromatic nitrogens is 1. The Kier molecular flexibility index (Phi) is 0.837. The van der Waals surface area contributed by atoms with E-state index in [4.69, 9.17) is 0 Å². The van der Waals surface area contributed by atoms with Gasteiger partial charge in [0.1, 0.15) is 0 Å². The van der Waals surface area contributed by atoms with Crippen molar-refractivity contribution >= 4 is 11.3 Å². The Hall–Kier alpha value is -0.440. The van der Waals surface area contributed by atoms with E-state index in [0.29, 0.717) is 0 Å². The lowest BCUT2D eigenvalue weighted by Gasteiger charge is -1.57. The van der Waals surface area contributed by atoms with Crippen molar-refractivity contribution in [3.05, 3.63) is 16.8 Å². The molecule has 0 amide bonds. The molecule has 0 spiro atoms. The molecule has 1 aromatic heterocycles. The molecular formula is C3HFNS. The highest BCUT2D eigenvalue weighted by molar-refractivity contribution is 7.07. The molecule has 3 heteroatoms. The summed E-state index contributed by atoms with van der Waals surface area (Å²) in [7, 11) is 0. The van der Waals surface area contributed by atoms with Gasteiger partial charge in [-0.2, -0.15) is 4.39 Å². The summed E-state index contributed by atoms with van der Waals surface area (Å²) in [5.74, 6) is 0. The molecule has 0 saturated heterocycles. The van der Waals surface area contributed by atoms with Gasteiger partial charge in [0, 0.05) is 0 Å². The van der Waals surface area contributed by atoms with Crippen molar-refractivity contribution in [2.75, 3.05) is 0 Å². The maximum atomic E-state index is 11.6. The zero-order valence-electron chi connectivity index (χ0n) is 2.81. The van der Waals surface area contributed by atoms with Gasteiger partial charge in [-0.05, 0) is 0 Å². The lowest BCUT2D eigenvalue weighted by molar-refractivity contribution is 0.653. The summed E-state index contributed by atoms with van der Waals surface area (Å²) in [6, 6.07) is 0. The molecule has 1 heterocycles. The summed E-state index contributed by atoms with van der Waals surface area (Å²) in [5.41, 5.74) is 2.35. The van der Waals surface area contributed by atoms with Crippen molar-refractivity contribution in [2.24, 2.45) is 0 Å². The maximum absolute atomic E-state index is 11.6. The molecule has 1 aromatic rings. The summed E-state index contributed by atoms with van der Waals surface area (Å²) in [6.45, 7) is 0. The van der Waals surface area contributed by atoms with Crippen molar-refractivity contribution < 1.29 is 4.39 Å². The van der Waals surface area contributed by atoms with E-state index in [2.05, 4.69) is 10.5 Å². The smallest absolute Gasteiger partial charge is 0.196 e. The molecule has 0 aliphatic carbocycles. The van der Waals surface area contributed by atoms with Crippen LogP contribution in [-0.2, 0) is 0 Å². The molecule has 0 fully saturated rings. The minimum Gasteiger partial charge on any atom is -0.239 e. The first-order chi connectivity index (χ1) is 2.89. The highest BCUT2D eigenvalue weighted by Crippen LogP contribution is 1.98. The van der Waals surface area contributed by atoms with Crippen LogP contribution in [0.1, 0.15) is 0 Å². The third kappa shape index (κ3) is 0.542. The molecule has 0 saturated carbocycles. The van der Waals surface area contributed by atoms with Gasteiger partial charge in [0.25, 0.3) is 0 Å². The topological polar surface area (TPSA) is 12.9 Å². The Labute approximate surface area is 38.5 Å². The van der Waals surface area contributed by atoms with Gasteiger partial charge in [-0.3, -0.25) is 0 Å². The third-order valence-electron chi connectivity index (χ3n) is 0.362. The van der Waals surface area contributed by atoms with Crippen molar-refractivity contribution in [2.45, 2.75) is 0 Å². The standard InChI is InChI=1S/C3HFNS/c4-3-1-5-2-6-3/h1H. The van der Waals surface area contributed by atoms with E-state index in [0.717, 1.165) is 17.5 Å². The Balaban J connectivity index is 3.05. The van der Waals surface area contributed by atoms with Crippen LogP contribution in [0.2, 0.25) is 0 Å². The Morgan fingerprint density at radius 3 is 3.00 bits per heavy atom. The number of hydrogen-bond donors (Lipinski definition) is 0. The molecule has 1 rings (SSSR count). The second kappa shape index (κ2) is 1.34. The van der Waals surface area contributed by atoms with Gasteiger partial charge in [0.05, 0.1) is 6.20 Å². The van der Waals surface area contributed by atoms with Gasteiger partial charge in [-0.1, -0.05) is 11.3 Å². The normalized spacial score (nSPS) is 8.83. The Morgan fingerprint density at radius 2 is 2.83 bits per heavy atom. The summed E-state index contributed by atoms with van der Waals surface area (Å²) in [4.78, 5) is 3.34. The van der Waals surface area contributed by atoms with Crippen LogP contribution in [0.5, 0.6) is 0 Å². The number of nitrogens with zero attached hydrogens (tertiary/aromatic N) is 1.